The molecule has 0 unspecified atom stereocenters. The minimum absolute atomic E-state index is 0.0131. The summed E-state index contributed by atoms with van der Waals surface area (Å²) in [6.07, 6.45) is 50.9. The number of hydrogen-bond donors (Lipinski definition) is 1. The standard InChI is InChI=1S/C44H80N2O2/c1-4-7-10-12-14-16-18-20-22-24-26-28-30-32-34-36-41-46(44(48)39-38-43(47)45-40-9-6-3)42-37-35-33-31-29-27-25-23-21-19-17-15-13-11-8-5-2/h14-17,20-23H,4-13,18-19,24-42H2,1-3H3,(H,45,47)/b16-14-,17-15-,22-20-,23-21-. The number of amides is 2. The largest absolute Gasteiger partial charge is 0.356 e. The average Bonchev–Trinajstić information content (AvgIpc) is 3.09. The van der Waals surface area contributed by atoms with Crippen molar-refractivity contribution in [2.24, 2.45) is 0 Å². The number of carbonyl (C=O) groups excluding carboxylic acids is 2. The summed E-state index contributed by atoms with van der Waals surface area (Å²) < 4.78 is 0. The molecule has 0 aliphatic carbocycles. The molecule has 0 fully saturated rings. The molecule has 0 saturated heterocycles. The van der Waals surface area contributed by atoms with Gasteiger partial charge in [-0.3, -0.25) is 9.59 Å². The molecule has 0 aromatic rings. The van der Waals surface area contributed by atoms with Crippen LogP contribution < -0.4 is 5.32 Å². The molecular formula is C44H80N2O2. The second-order valence-electron chi connectivity index (χ2n) is 13.8. The van der Waals surface area contributed by atoms with Crippen LogP contribution in [-0.4, -0.2) is 36.3 Å². The Bertz CT molecular complexity index is 765. The van der Waals surface area contributed by atoms with Crippen LogP contribution in [0.3, 0.4) is 0 Å². The molecule has 0 aliphatic rings. The topological polar surface area (TPSA) is 49.4 Å². The summed E-state index contributed by atoms with van der Waals surface area (Å²) in [7, 11) is 0. The number of nitrogens with zero attached hydrogens (tertiary/aromatic N) is 1. The minimum Gasteiger partial charge on any atom is -0.356 e. The Kier molecular flexibility index (Phi) is 37.6. The van der Waals surface area contributed by atoms with E-state index in [2.05, 4.69) is 79.6 Å². The Morgan fingerprint density at radius 2 is 0.812 bits per heavy atom. The van der Waals surface area contributed by atoms with Gasteiger partial charge in [0, 0.05) is 32.5 Å². The van der Waals surface area contributed by atoms with Crippen molar-refractivity contribution in [2.45, 2.75) is 201 Å². The Labute approximate surface area is 299 Å². The molecule has 0 heterocycles. The molecule has 0 saturated carbocycles. The highest BCUT2D eigenvalue weighted by atomic mass is 16.2. The first-order valence-electron chi connectivity index (χ1n) is 20.8. The summed E-state index contributed by atoms with van der Waals surface area (Å²) in [6.45, 7) is 9.02. The summed E-state index contributed by atoms with van der Waals surface area (Å²) in [5.41, 5.74) is 0. The quantitative estimate of drug-likeness (QED) is 0.0533. The highest BCUT2D eigenvalue weighted by Crippen LogP contribution is 2.13. The van der Waals surface area contributed by atoms with E-state index < -0.39 is 0 Å². The van der Waals surface area contributed by atoms with E-state index in [1.54, 1.807) is 0 Å². The van der Waals surface area contributed by atoms with E-state index in [9.17, 15) is 9.59 Å². The van der Waals surface area contributed by atoms with Gasteiger partial charge in [-0.05, 0) is 83.5 Å². The third-order valence-electron chi connectivity index (χ3n) is 9.03. The second-order valence-corrected chi connectivity index (χ2v) is 13.8. The van der Waals surface area contributed by atoms with Crippen molar-refractivity contribution in [1.82, 2.24) is 10.2 Å². The normalized spacial score (nSPS) is 12.0. The van der Waals surface area contributed by atoms with Gasteiger partial charge in [-0.25, -0.2) is 0 Å². The maximum absolute atomic E-state index is 13.1. The number of unbranched alkanes of at least 4 members (excludes halogenated alkanes) is 19. The van der Waals surface area contributed by atoms with Crippen molar-refractivity contribution in [1.29, 1.82) is 0 Å². The van der Waals surface area contributed by atoms with Crippen molar-refractivity contribution in [3.8, 4) is 0 Å². The fraction of sp³-hybridized carbons (Fsp3) is 0.773. The smallest absolute Gasteiger partial charge is 0.223 e. The van der Waals surface area contributed by atoms with E-state index in [0.29, 0.717) is 19.4 Å². The third-order valence-corrected chi connectivity index (χ3v) is 9.03. The fourth-order valence-electron chi connectivity index (χ4n) is 5.81. The molecule has 1 N–H and O–H groups in total. The first kappa shape index (κ1) is 45.9. The number of hydrogen-bond acceptors (Lipinski definition) is 2. The summed E-state index contributed by atoms with van der Waals surface area (Å²) in [6, 6.07) is 0. The summed E-state index contributed by atoms with van der Waals surface area (Å²) in [5.74, 6) is 0.171. The number of rotatable bonds is 36. The predicted molar refractivity (Wildman–Crippen MR) is 212 cm³/mol. The summed E-state index contributed by atoms with van der Waals surface area (Å²) in [5, 5.41) is 2.96. The summed E-state index contributed by atoms with van der Waals surface area (Å²) >= 11 is 0. The maximum Gasteiger partial charge on any atom is 0.223 e. The SMILES string of the molecule is CCCCC/C=C\C/C=C\CCCCCCCCN(CCCCCCCC/C=C\C/C=C\CCCCC)C(=O)CCC(=O)NCCCC. The molecular weight excluding hydrogens is 588 g/mol. The molecule has 2 amide bonds. The van der Waals surface area contributed by atoms with Gasteiger partial charge in [-0.2, -0.15) is 0 Å². The van der Waals surface area contributed by atoms with E-state index in [1.807, 2.05) is 0 Å². The fourth-order valence-corrected chi connectivity index (χ4v) is 5.81. The number of carbonyl (C=O) groups is 2. The van der Waals surface area contributed by atoms with Gasteiger partial charge in [0.1, 0.15) is 0 Å². The van der Waals surface area contributed by atoms with Gasteiger partial charge in [0.2, 0.25) is 11.8 Å². The van der Waals surface area contributed by atoms with Crippen LogP contribution in [0.5, 0.6) is 0 Å². The lowest BCUT2D eigenvalue weighted by Crippen LogP contribution is -2.34. The van der Waals surface area contributed by atoms with Gasteiger partial charge >= 0.3 is 0 Å². The minimum atomic E-state index is 0.0131. The monoisotopic (exact) mass is 669 g/mol. The number of allylic oxidation sites excluding steroid dienone is 8. The van der Waals surface area contributed by atoms with Gasteiger partial charge in [0.15, 0.2) is 0 Å². The highest BCUT2D eigenvalue weighted by Gasteiger charge is 2.14. The molecule has 0 atom stereocenters. The molecule has 0 aliphatic heterocycles. The van der Waals surface area contributed by atoms with E-state index in [1.165, 1.54) is 128 Å². The van der Waals surface area contributed by atoms with Gasteiger partial charge in [-0.1, -0.05) is 153 Å². The van der Waals surface area contributed by atoms with Crippen LogP contribution in [-0.2, 0) is 9.59 Å². The zero-order valence-electron chi connectivity index (χ0n) is 32.3. The van der Waals surface area contributed by atoms with Crippen LogP contribution in [0.1, 0.15) is 201 Å². The highest BCUT2D eigenvalue weighted by molar-refractivity contribution is 5.83. The third kappa shape index (κ3) is 35.2. The van der Waals surface area contributed by atoms with Crippen molar-refractivity contribution in [2.75, 3.05) is 19.6 Å². The van der Waals surface area contributed by atoms with Crippen molar-refractivity contribution >= 4 is 11.8 Å². The van der Waals surface area contributed by atoms with Crippen LogP contribution in [0, 0.1) is 0 Å². The molecule has 278 valence electrons. The van der Waals surface area contributed by atoms with E-state index in [4.69, 9.17) is 0 Å². The molecule has 4 nitrogen and oxygen atoms in total. The van der Waals surface area contributed by atoms with Gasteiger partial charge in [0.25, 0.3) is 0 Å². The summed E-state index contributed by atoms with van der Waals surface area (Å²) in [4.78, 5) is 27.3. The molecule has 0 radical (unpaired) electrons. The van der Waals surface area contributed by atoms with Crippen LogP contribution in [0.15, 0.2) is 48.6 Å². The van der Waals surface area contributed by atoms with Crippen molar-refractivity contribution < 1.29 is 9.59 Å². The Morgan fingerprint density at radius 3 is 1.23 bits per heavy atom. The molecule has 0 spiro atoms. The lowest BCUT2D eigenvalue weighted by atomic mass is 10.1. The van der Waals surface area contributed by atoms with Gasteiger partial charge < -0.3 is 10.2 Å². The lowest BCUT2D eigenvalue weighted by molar-refractivity contribution is -0.133. The van der Waals surface area contributed by atoms with E-state index in [-0.39, 0.29) is 11.8 Å². The number of nitrogens with one attached hydrogen (secondary N) is 1. The molecule has 4 heteroatoms. The van der Waals surface area contributed by atoms with Crippen LogP contribution in [0.25, 0.3) is 0 Å². The Hall–Kier alpha value is -2.10. The van der Waals surface area contributed by atoms with E-state index in [0.717, 1.165) is 51.6 Å². The van der Waals surface area contributed by atoms with Gasteiger partial charge in [0.05, 0.1) is 0 Å². The first-order chi connectivity index (χ1) is 23.7. The molecule has 0 rings (SSSR count). The van der Waals surface area contributed by atoms with Crippen LogP contribution >= 0.6 is 0 Å². The molecule has 0 aromatic carbocycles. The first-order valence-corrected chi connectivity index (χ1v) is 20.8. The maximum atomic E-state index is 13.1. The van der Waals surface area contributed by atoms with Crippen LogP contribution in [0.2, 0.25) is 0 Å². The average molecular weight is 669 g/mol. The van der Waals surface area contributed by atoms with E-state index >= 15 is 0 Å². The molecule has 48 heavy (non-hydrogen) atoms. The van der Waals surface area contributed by atoms with Crippen molar-refractivity contribution in [3.63, 3.8) is 0 Å². The zero-order chi connectivity index (χ0) is 35.0. The molecule has 0 bridgehead atoms. The second kappa shape index (κ2) is 39.3. The lowest BCUT2D eigenvalue weighted by Gasteiger charge is -2.23. The zero-order valence-corrected chi connectivity index (χ0v) is 32.3. The predicted octanol–water partition coefficient (Wildman–Crippen LogP) is 13.1. The Balaban J connectivity index is 4.17. The Morgan fingerprint density at radius 1 is 0.438 bits per heavy atom. The molecule has 0 aromatic heterocycles. The van der Waals surface area contributed by atoms with Gasteiger partial charge in [-0.15, -0.1) is 0 Å². The van der Waals surface area contributed by atoms with Crippen LogP contribution in [0.4, 0.5) is 0 Å². The van der Waals surface area contributed by atoms with Crippen molar-refractivity contribution in [3.05, 3.63) is 48.6 Å².